The van der Waals surface area contributed by atoms with Crippen LogP contribution in [0.25, 0.3) is 11.3 Å². The Morgan fingerprint density at radius 3 is 2.11 bits per heavy atom. The molecule has 1 atom stereocenters. The van der Waals surface area contributed by atoms with Crippen molar-refractivity contribution < 1.29 is 18.4 Å². The van der Waals surface area contributed by atoms with Gasteiger partial charge in [-0.1, -0.05) is 12.1 Å². The Bertz CT molecular complexity index is 1280. The smallest absolute Gasteiger partial charge is 0.253 e. The zero-order chi connectivity index (χ0) is 26.8. The molecule has 0 bridgehead atoms. The third kappa shape index (κ3) is 7.86. The summed E-state index contributed by atoms with van der Waals surface area (Å²) in [4.78, 5) is 36.5. The molecule has 2 N–H and O–H groups in total. The van der Waals surface area contributed by atoms with Gasteiger partial charge in [-0.2, -0.15) is 0 Å². The molecule has 1 aliphatic rings. The van der Waals surface area contributed by atoms with Crippen LogP contribution in [0.15, 0.2) is 60.8 Å². The van der Waals surface area contributed by atoms with E-state index < -0.39 is 11.3 Å². The van der Waals surface area contributed by atoms with Crippen LogP contribution in [0.2, 0.25) is 0 Å². The number of piperazine rings is 1. The molecular formula is C26H27N6O4S-. The molecule has 1 unspecified atom stereocenters. The number of terminal acetylenes is 1. The first-order chi connectivity index (χ1) is 17.8. The summed E-state index contributed by atoms with van der Waals surface area (Å²) in [7, 11) is 0. The van der Waals surface area contributed by atoms with Crippen molar-refractivity contribution in [1.82, 2.24) is 19.8 Å². The number of anilines is 3. The van der Waals surface area contributed by atoms with Crippen LogP contribution >= 0.6 is 0 Å². The molecule has 0 saturated carbocycles. The van der Waals surface area contributed by atoms with E-state index in [9.17, 15) is 18.4 Å². The molecule has 1 aliphatic heterocycles. The van der Waals surface area contributed by atoms with Crippen LogP contribution in [0.4, 0.5) is 17.3 Å². The zero-order valence-electron chi connectivity index (χ0n) is 20.5. The molecule has 37 heavy (non-hydrogen) atoms. The topological polar surface area (TPSA) is 131 Å². The van der Waals surface area contributed by atoms with Crippen molar-refractivity contribution in [3.05, 3.63) is 66.4 Å². The van der Waals surface area contributed by atoms with E-state index in [0.29, 0.717) is 49.1 Å². The second-order valence-electron chi connectivity index (χ2n) is 7.97. The highest BCUT2D eigenvalue weighted by Gasteiger charge is 2.23. The van der Waals surface area contributed by atoms with Gasteiger partial charge in [-0.25, -0.2) is 9.97 Å². The number of carbonyl (C=O) groups excluding carboxylic acids is 2. The monoisotopic (exact) mass is 519 g/mol. The molecule has 0 aliphatic carbocycles. The second-order valence-corrected chi connectivity index (χ2v) is 8.64. The predicted molar refractivity (Wildman–Crippen MR) is 142 cm³/mol. The van der Waals surface area contributed by atoms with Crippen LogP contribution in [0, 0.1) is 12.3 Å². The fourth-order valence-corrected chi connectivity index (χ4v) is 3.95. The molecule has 10 nitrogen and oxygen atoms in total. The minimum atomic E-state index is -2.38. The normalized spacial score (nSPS) is 13.5. The molecule has 2 amide bonds. The molecule has 192 valence electrons. The number of nitrogens with zero attached hydrogens (tertiary/aromatic N) is 4. The number of hydrogen-bond acceptors (Lipinski definition) is 7. The maximum Gasteiger partial charge on any atom is 0.253 e. The van der Waals surface area contributed by atoms with E-state index in [1.165, 1.54) is 6.92 Å². The van der Waals surface area contributed by atoms with E-state index in [4.69, 9.17) is 0 Å². The highest BCUT2D eigenvalue weighted by molar-refractivity contribution is 7.80. The largest absolute Gasteiger partial charge is 0.755 e. The van der Waals surface area contributed by atoms with E-state index in [0.717, 1.165) is 11.3 Å². The van der Waals surface area contributed by atoms with Crippen LogP contribution in [0.3, 0.4) is 0 Å². The van der Waals surface area contributed by atoms with Gasteiger partial charge in [0.2, 0.25) is 11.9 Å². The number of carbonyl (C=O) groups is 2. The van der Waals surface area contributed by atoms with Crippen molar-refractivity contribution in [2.45, 2.75) is 13.8 Å². The summed E-state index contributed by atoms with van der Waals surface area (Å²) >= 11 is -2.38. The fraction of sp³-hybridized carbons (Fsp3) is 0.231. The van der Waals surface area contributed by atoms with Crippen LogP contribution in [0.5, 0.6) is 0 Å². The molecule has 0 radical (unpaired) electrons. The van der Waals surface area contributed by atoms with Crippen LogP contribution in [-0.4, -0.2) is 66.5 Å². The quantitative estimate of drug-likeness (QED) is 0.378. The van der Waals surface area contributed by atoms with Crippen molar-refractivity contribution in [3.8, 4) is 23.6 Å². The third-order valence-corrected chi connectivity index (χ3v) is 5.84. The minimum Gasteiger partial charge on any atom is -0.755 e. The SMILES string of the molecule is C#CC.CC(=O)N1CCN(C(=O)c2ccc(Nc3nccc(-c4ccc(NS(=O)[O-])cc4)n3)cc2)CC1. The molecule has 2 heterocycles. The van der Waals surface area contributed by atoms with Crippen LogP contribution < -0.4 is 10.0 Å². The van der Waals surface area contributed by atoms with Gasteiger partial charge in [-0.05, 0) is 49.4 Å². The lowest BCUT2D eigenvalue weighted by atomic mass is 10.1. The number of benzene rings is 2. The molecular weight excluding hydrogens is 492 g/mol. The summed E-state index contributed by atoms with van der Waals surface area (Å²) in [5.74, 6) is 2.60. The lowest BCUT2D eigenvalue weighted by molar-refractivity contribution is -0.130. The van der Waals surface area contributed by atoms with E-state index in [1.807, 2.05) is 0 Å². The van der Waals surface area contributed by atoms with Gasteiger partial charge in [0.1, 0.15) is 0 Å². The van der Waals surface area contributed by atoms with Crippen molar-refractivity contribution in [2.24, 2.45) is 0 Å². The minimum absolute atomic E-state index is 0.0276. The zero-order valence-corrected chi connectivity index (χ0v) is 21.3. The molecule has 4 rings (SSSR count). The first-order valence-corrected chi connectivity index (χ1v) is 12.5. The van der Waals surface area contributed by atoms with Gasteiger partial charge in [0, 0.05) is 73.1 Å². The predicted octanol–water partition coefficient (Wildman–Crippen LogP) is 3.04. The summed E-state index contributed by atoms with van der Waals surface area (Å²) in [6, 6.07) is 15.7. The average molecular weight is 520 g/mol. The van der Waals surface area contributed by atoms with Crippen molar-refractivity contribution in [2.75, 3.05) is 36.2 Å². The van der Waals surface area contributed by atoms with Crippen molar-refractivity contribution >= 4 is 40.4 Å². The lowest BCUT2D eigenvalue weighted by Crippen LogP contribution is -2.50. The maximum atomic E-state index is 12.8. The van der Waals surface area contributed by atoms with Crippen molar-refractivity contribution in [1.29, 1.82) is 0 Å². The summed E-state index contributed by atoms with van der Waals surface area (Å²) in [5.41, 5.74) is 3.24. The van der Waals surface area contributed by atoms with Gasteiger partial charge in [0.05, 0.1) is 5.69 Å². The first kappa shape index (κ1) is 27.3. The summed E-state index contributed by atoms with van der Waals surface area (Å²) in [5, 5.41) is 3.13. The highest BCUT2D eigenvalue weighted by Crippen LogP contribution is 2.22. The fourth-order valence-electron chi connectivity index (χ4n) is 3.62. The molecule has 1 aromatic heterocycles. The summed E-state index contributed by atoms with van der Waals surface area (Å²) in [6.07, 6.45) is 6.22. The Morgan fingerprint density at radius 1 is 0.973 bits per heavy atom. The number of hydrogen-bond donors (Lipinski definition) is 2. The van der Waals surface area contributed by atoms with Gasteiger partial charge in [0.25, 0.3) is 5.91 Å². The standard InChI is InChI=1S/C23H24N6O4S.C3H4/c1-16(30)28-12-14-29(15-13-28)22(31)18-4-6-19(7-5-18)25-23-24-11-10-21(26-23)17-2-8-20(9-3-17)27-34(32)33;1-3-2/h2-11,27H,12-15H2,1H3,(H,32,33)(H,24,25,26);1H,2H3/p-1. The summed E-state index contributed by atoms with van der Waals surface area (Å²) < 4.78 is 23.8. The van der Waals surface area contributed by atoms with Gasteiger partial charge in [-0.3, -0.25) is 13.8 Å². The number of nitrogens with one attached hydrogen (secondary N) is 2. The molecule has 11 heteroatoms. The molecule has 1 saturated heterocycles. The average Bonchev–Trinajstić information content (AvgIpc) is 2.89. The van der Waals surface area contributed by atoms with Gasteiger partial charge in [-0.15, -0.1) is 12.3 Å². The Hall–Kier alpha value is -4.27. The number of rotatable bonds is 6. The number of aromatic nitrogens is 2. The van der Waals surface area contributed by atoms with Gasteiger partial charge < -0.3 is 24.4 Å². The Labute approximate surface area is 218 Å². The van der Waals surface area contributed by atoms with E-state index in [1.54, 1.807) is 77.5 Å². The third-order valence-electron chi connectivity index (χ3n) is 5.44. The van der Waals surface area contributed by atoms with E-state index in [2.05, 4.69) is 32.4 Å². The summed E-state index contributed by atoms with van der Waals surface area (Å²) in [6.45, 7) is 5.32. The maximum absolute atomic E-state index is 12.8. The molecule has 3 aromatic rings. The number of amides is 2. The van der Waals surface area contributed by atoms with Crippen molar-refractivity contribution in [3.63, 3.8) is 0 Å². The van der Waals surface area contributed by atoms with Gasteiger partial charge in [0.15, 0.2) is 0 Å². The Kier molecular flexibility index (Phi) is 9.71. The van der Waals surface area contributed by atoms with Crippen LogP contribution in [-0.2, 0) is 16.1 Å². The van der Waals surface area contributed by atoms with E-state index >= 15 is 0 Å². The first-order valence-electron chi connectivity index (χ1n) is 11.4. The Balaban J connectivity index is 0.00000121. The van der Waals surface area contributed by atoms with Crippen LogP contribution in [0.1, 0.15) is 24.2 Å². The highest BCUT2D eigenvalue weighted by atomic mass is 32.2. The van der Waals surface area contributed by atoms with Gasteiger partial charge >= 0.3 is 0 Å². The second kappa shape index (κ2) is 13.2. The molecule has 0 spiro atoms. The van der Waals surface area contributed by atoms with E-state index in [-0.39, 0.29) is 11.8 Å². The Morgan fingerprint density at radius 2 is 1.54 bits per heavy atom. The molecule has 2 aromatic carbocycles. The lowest BCUT2D eigenvalue weighted by Gasteiger charge is -2.34. The molecule has 1 fully saturated rings.